The Hall–Kier alpha value is -1.33. The first-order chi connectivity index (χ1) is 6.33. The summed E-state index contributed by atoms with van der Waals surface area (Å²) >= 11 is 0. The van der Waals surface area contributed by atoms with E-state index >= 15 is 0 Å². The summed E-state index contributed by atoms with van der Waals surface area (Å²) in [4.78, 5) is 12.7. The molecule has 0 aliphatic carbocycles. The highest BCUT2D eigenvalue weighted by atomic mass is 35.5. The Labute approximate surface area is 88.8 Å². The molecule has 0 fully saturated rings. The lowest BCUT2D eigenvalue weighted by atomic mass is 10.5. The van der Waals surface area contributed by atoms with E-state index in [9.17, 15) is 0 Å². The Balaban J connectivity index is 0.00000169. The van der Waals surface area contributed by atoms with Crippen LogP contribution in [0.3, 0.4) is 0 Å². The number of hydrogen-bond donors (Lipinski definition) is 2. The van der Waals surface area contributed by atoms with Crippen LogP contribution in [0.2, 0.25) is 0 Å². The van der Waals surface area contributed by atoms with Crippen LogP contribution in [-0.4, -0.2) is 17.6 Å². The third-order valence-corrected chi connectivity index (χ3v) is 1.21. The fourth-order valence-corrected chi connectivity index (χ4v) is 0.712. The average Bonchev–Trinajstić information content (AvgIpc) is 2.16. The number of hydrogen-bond acceptors (Lipinski definition) is 3. The minimum Gasteiger partial charge on any atom is -0.368 e. The number of aliphatic imine (C=N–C) groups is 1. The van der Waals surface area contributed by atoms with Gasteiger partial charge in [0.25, 0.3) is 0 Å². The van der Waals surface area contributed by atoms with Crippen molar-refractivity contribution in [3.05, 3.63) is 24.4 Å². The summed E-state index contributed by atoms with van der Waals surface area (Å²) in [5.74, 6) is 0.743. The molecule has 0 bridgehead atoms. The molecule has 6 heteroatoms. The van der Waals surface area contributed by atoms with E-state index in [2.05, 4.69) is 15.5 Å². The van der Waals surface area contributed by atoms with Crippen LogP contribution in [0.1, 0.15) is 6.92 Å². The highest BCUT2D eigenvalue weighted by Crippen LogP contribution is 2.03. The van der Waals surface area contributed by atoms with E-state index in [4.69, 9.17) is 10.6 Å². The van der Waals surface area contributed by atoms with Crippen molar-refractivity contribution in [2.24, 2.45) is 10.7 Å². The lowest BCUT2D eigenvalue weighted by molar-refractivity contribution is 0.0960. The second-order valence-electron chi connectivity index (χ2n) is 2.22. The monoisotopic (exact) mass is 216 g/mol. The number of pyridine rings is 1. The molecular formula is C8H13ClN4O. The van der Waals surface area contributed by atoms with E-state index in [1.807, 2.05) is 19.1 Å². The number of aromatic nitrogens is 1. The largest absolute Gasteiger partial charge is 0.368 e. The number of hydroxylamine groups is 1. The van der Waals surface area contributed by atoms with Gasteiger partial charge in [-0.15, -0.1) is 12.4 Å². The van der Waals surface area contributed by atoms with E-state index < -0.39 is 0 Å². The molecule has 0 aliphatic rings. The quantitative estimate of drug-likeness (QED) is 0.449. The number of nitrogens with two attached hydrogens (primary N) is 1. The molecular weight excluding hydrogens is 204 g/mol. The Bertz CT molecular complexity index is 278. The number of guanidine groups is 1. The Morgan fingerprint density at radius 1 is 1.64 bits per heavy atom. The summed E-state index contributed by atoms with van der Waals surface area (Å²) in [6.45, 7) is 2.37. The molecule has 0 amide bonds. The minimum atomic E-state index is 0. The predicted octanol–water partition coefficient (Wildman–Crippen LogP) is 0.991. The number of rotatable bonds is 3. The topological polar surface area (TPSA) is 72.5 Å². The first-order valence-electron chi connectivity index (χ1n) is 3.96. The molecule has 3 N–H and O–H groups in total. The zero-order valence-corrected chi connectivity index (χ0v) is 8.62. The summed E-state index contributed by atoms with van der Waals surface area (Å²) in [5.41, 5.74) is 7.93. The van der Waals surface area contributed by atoms with E-state index in [0.717, 1.165) is 0 Å². The second-order valence-corrected chi connectivity index (χ2v) is 2.22. The molecule has 0 saturated heterocycles. The zero-order valence-electron chi connectivity index (χ0n) is 7.80. The number of nitrogens with one attached hydrogen (secondary N) is 1. The van der Waals surface area contributed by atoms with E-state index in [1.165, 1.54) is 0 Å². The van der Waals surface area contributed by atoms with Crippen LogP contribution in [0.4, 0.5) is 5.82 Å². The van der Waals surface area contributed by atoms with Gasteiger partial charge in [0.2, 0.25) is 5.96 Å². The zero-order chi connectivity index (χ0) is 9.52. The van der Waals surface area contributed by atoms with Gasteiger partial charge in [0.15, 0.2) is 5.82 Å². The van der Waals surface area contributed by atoms with Crippen molar-refractivity contribution in [3.8, 4) is 0 Å². The van der Waals surface area contributed by atoms with Crippen molar-refractivity contribution >= 4 is 24.2 Å². The van der Waals surface area contributed by atoms with Crippen molar-refractivity contribution in [2.45, 2.75) is 6.92 Å². The molecule has 5 nitrogen and oxygen atoms in total. The fraction of sp³-hybridized carbons (Fsp3) is 0.250. The van der Waals surface area contributed by atoms with Gasteiger partial charge < -0.3 is 5.73 Å². The maximum absolute atomic E-state index is 5.47. The summed E-state index contributed by atoms with van der Waals surface area (Å²) in [5, 5.41) is 0. The Morgan fingerprint density at radius 2 is 2.43 bits per heavy atom. The summed E-state index contributed by atoms with van der Waals surface area (Å²) in [6.07, 6.45) is 1.65. The summed E-state index contributed by atoms with van der Waals surface area (Å²) < 4.78 is 0. The van der Waals surface area contributed by atoms with Crippen molar-refractivity contribution in [2.75, 3.05) is 6.61 Å². The van der Waals surface area contributed by atoms with E-state index in [1.54, 1.807) is 12.3 Å². The Kier molecular flexibility index (Phi) is 6.43. The van der Waals surface area contributed by atoms with Crippen LogP contribution in [0, 0.1) is 0 Å². The van der Waals surface area contributed by atoms with E-state index in [-0.39, 0.29) is 18.4 Å². The van der Waals surface area contributed by atoms with Crippen LogP contribution in [0.5, 0.6) is 0 Å². The van der Waals surface area contributed by atoms with Gasteiger partial charge in [0.1, 0.15) is 0 Å². The van der Waals surface area contributed by atoms with Crippen LogP contribution in [0.15, 0.2) is 29.4 Å². The highest BCUT2D eigenvalue weighted by molar-refractivity contribution is 5.85. The standard InChI is InChI=1S/C8H12N4O.ClH/c1-2-13-12-8(9)11-7-5-3-4-6-10-7;/h3-6H,2H2,1H3,(H3,9,10,11,12);1H. The molecule has 0 unspecified atom stereocenters. The predicted molar refractivity (Wildman–Crippen MR) is 57.5 cm³/mol. The number of halogens is 1. The molecule has 0 radical (unpaired) electrons. The normalized spacial score (nSPS) is 10.5. The minimum absolute atomic E-state index is 0. The number of nitrogens with zero attached hydrogens (tertiary/aromatic N) is 2. The third kappa shape index (κ3) is 4.64. The van der Waals surface area contributed by atoms with Gasteiger partial charge >= 0.3 is 0 Å². The molecule has 0 aliphatic heterocycles. The SMILES string of the molecule is CCON/C(N)=N/c1ccccn1.Cl. The highest BCUT2D eigenvalue weighted by Gasteiger charge is 1.91. The molecule has 1 heterocycles. The molecule has 0 spiro atoms. The van der Waals surface area contributed by atoms with Gasteiger partial charge in [0.05, 0.1) is 6.61 Å². The first kappa shape index (κ1) is 12.7. The van der Waals surface area contributed by atoms with Gasteiger partial charge in [-0.3, -0.25) is 4.84 Å². The Morgan fingerprint density at radius 3 is 3.00 bits per heavy atom. The maximum Gasteiger partial charge on any atom is 0.219 e. The van der Waals surface area contributed by atoms with Crippen molar-refractivity contribution in [3.63, 3.8) is 0 Å². The van der Waals surface area contributed by atoms with Crippen LogP contribution in [-0.2, 0) is 4.84 Å². The van der Waals surface area contributed by atoms with Crippen LogP contribution in [0.25, 0.3) is 0 Å². The lowest BCUT2D eigenvalue weighted by Crippen LogP contribution is -2.31. The molecule has 1 aromatic rings. The maximum atomic E-state index is 5.47. The molecule has 1 aromatic heterocycles. The fourth-order valence-electron chi connectivity index (χ4n) is 0.712. The first-order valence-corrected chi connectivity index (χ1v) is 3.96. The molecule has 0 atom stereocenters. The third-order valence-electron chi connectivity index (χ3n) is 1.21. The molecule has 1 rings (SSSR count). The van der Waals surface area contributed by atoms with Crippen molar-refractivity contribution in [1.29, 1.82) is 0 Å². The summed E-state index contributed by atoms with van der Waals surface area (Å²) in [6, 6.07) is 5.39. The molecule has 78 valence electrons. The van der Waals surface area contributed by atoms with E-state index in [0.29, 0.717) is 12.4 Å². The average molecular weight is 217 g/mol. The lowest BCUT2D eigenvalue weighted by Gasteiger charge is -2.02. The van der Waals surface area contributed by atoms with Gasteiger partial charge in [-0.25, -0.2) is 10.5 Å². The molecule has 0 aromatic carbocycles. The second kappa shape index (κ2) is 7.11. The van der Waals surface area contributed by atoms with Gasteiger partial charge in [0, 0.05) is 6.20 Å². The molecule has 0 saturated carbocycles. The van der Waals surface area contributed by atoms with Crippen molar-refractivity contribution < 1.29 is 4.84 Å². The summed E-state index contributed by atoms with van der Waals surface area (Å²) in [7, 11) is 0. The van der Waals surface area contributed by atoms with Crippen LogP contribution < -0.4 is 11.2 Å². The smallest absolute Gasteiger partial charge is 0.219 e. The van der Waals surface area contributed by atoms with Crippen LogP contribution >= 0.6 is 12.4 Å². The van der Waals surface area contributed by atoms with Gasteiger partial charge in [-0.05, 0) is 19.1 Å². The van der Waals surface area contributed by atoms with Crippen molar-refractivity contribution in [1.82, 2.24) is 10.5 Å². The van der Waals surface area contributed by atoms with Gasteiger partial charge in [-0.2, -0.15) is 4.99 Å². The molecule has 14 heavy (non-hydrogen) atoms. The van der Waals surface area contributed by atoms with Gasteiger partial charge in [-0.1, -0.05) is 6.07 Å².